The minimum absolute atomic E-state index is 0.165. The molecule has 2 aromatic carbocycles. The maximum absolute atomic E-state index is 12.3. The Morgan fingerprint density at radius 3 is 2.67 bits per heavy atom. The minimum Gasteiger partial charge on any atom is -0.497 e. The van der Waals surface area contributed by atoms with Gasteiger partial charge in [0.25, 0.3) is 5.91 Å². The van der Waals surface area contributed by atoms with Crippen molar-refractivity contribution < 1.29 is 13.9 Å². The van der Waals surface area contributed by atoms with Crippen molar-refractivity contribution in [2.75, 3.05) is 7.11 Å². The molecule has 1 amide bonds. The van der Waals surface area contributed by atoms with Crippen LogP contribution in [0.25, 0.3) is 11.0 Å². The number of methoxy groups -OCH3 is 1. The largest absolute Gasteiger partial charge is 0.497 e. The first-order chi connectivity index (χ1) is 11.6. The van der Waals surface area contributed by atoms with Crippen molar-refractivity contribution in [3.05, 3.63) is 70.2 Å². The fraction of sp³-hybridized carbons (Fsp3) is 0.111. The topological polar surface area (TPSA) is 75.3 Å². The summed E-state index contributed by atoms with van der Waals surface area (Å²) < 4.78 is 10.5. The number of nitrogens with one attached hydrogen (secondary N) is 2. The molecule has 1 aromatic heterocycles. The zero-order valence-corrected chi connectivity index (χ0v) is 13.7. The van der Waals surface area contributed by atoms with Gasteiger partial charge < -0.3 is 14.5 Å². The van der Waals surface area contributed by atoms with Crippen molar-refractivity contribution in [1.82, 2.24) is 5.32 Å². The molecule has 0 aliphatic carbocycles. The summed E-state index contributed by atoms with van der Waals surface area (Å²) >= 11 is 5.96. The summed E-state index contributed by atoms with van der Waals surface area (Å²) in [5.74, 6) is 0.380. The Labute approximate surface area is 143 Å². The lowest BCUT2D eigenvalue weighted by Crippen LogP contribution is -2.27. The van der Waals surface area contributed by atoms with E-state index in [0.717, 1.165) is 11.3 Å². The van der Waals surface area contributed by atoms with Gasteiger partial charge in [0.15, 0.2) is 0 Å². The van der Waals surface area contributed by atoms with Crippen molar-refractivity contribution >= 4 is 28.5 Å². The average Bonchev–Trinajstić information content (AvgIpc) is 2.60. The number of halogens is 1. The van der Waals surface area contributed by atoms with Crippen LogP contribution in [0.15, 0.2) is 52.9 Å². The first-order valence-corrected chi connectivity index (χ1v) is 7.64. The number of ether oxygens (including phenoxy) is 1. The van der Waals surface area contributed by atoms with E-state index in [4.69, 9.17) is 26.2 Å². The zero-order valence-electron chi connectivity index (χ0n) is 12.9. The molecule has 0 spiro atoms. The molecule has 0 atom stereocenters. The lowest BCUT2D eigenvalue weighted by molar-refractivity contribution is 0.0946. The Kier molecular flexibility index (Phi) is 4.53. The van der Waals surface area contributed by atoms with Crippen LogP contribution in [0.3, 0.4) is 0 Å². The van der Waals surface area contributed by atoms with Crippen LogP contribution in [0.4, 0.5) is 0 Å². The lowest BCUT2D eigenvalue weighted by Gasteiger charge is -2.07. The molecule has 0 aliphatic rings. The van der Waals surface area contributed by atoms with Gasteiger partial charge in [-0.3, -0.25) is 10.2 Å². The molecule has 0 radical (unpaired) electrons. The average molecular weight is 343 g/mol. The highest BCUT2D eigenvalue weighted by molar-refractivity contribution is 6.31. The predicted molar refractivity (Wildman–Crippen MR) is 91.2 cm³/mol. The third kappa shape index (κ3) is 3.41. The second-order valence-corrected chi connectivity index (χ2v) is 5.64. The number of rotatable bonds is 4. The standard InChI is InChI=1S/C18H15ClN2O3/c1-23-14-5-2-11(3-6-14)10-21-18(22)15-9-12-8-13(19)4-7-16(12)24-17(15)20/h2-9,20H,10H2,1H3,(H,21,22). The van der Waals surface area contributed by atoms with Crippen LogP contribution in [0.1, 0.15) is 15.9 Å². The van der Waals surface area contributed by atoms with E-state index in [-0.39, 0.29) is 17.0 Å². The molecule has 3 aromatic rings. The highest BCUT2D eigenvalue weighted by atomic mass is 35.5. The third-order valence-electron chi connectivity index (χ3n) is 3.59. The molecule has 2 N–H and O–H groups in total. The van der Waals surface area contributed by atoms with E-state index in [1.165, 1.54) is 0 Å². The van der Waals surface area contributed by atoms with E-state index >= 15 is 0 Å². The number of carbonyl (C=O) groups excluding carboxylic acids is 1. The summed E-state index contributed by atoms with van der Waals surface area (Å²) in [4.78, 5) is 12.3. The molecule has 6 heteroatoms. The van der Waals surface area contributed by atoms with E-state index in [9.17, 15) is 4.79 Å². The maximum atomic E-state index is 12.3. The molecule has 0 bridgehead atoms. The van der Waals surface area contributed by atoms with Crippen molar-refractivity contribution in [1.29, 1.82) is 5.41 Å². The Balaban J connectivity index is 1.80. The summed E-state index contributed by atoms with van der Waals surface area (Å²) in [7, 11) is 1.60. The Bertz CT molecular complexity index is 949. The highest BCUT2D eigenvalue weighted by Gasteiger charge is 2.11. The van der Waals surface area contributed by atoms with Crippen LogP contribution >= 0.6 is 11.6 Å². The van der Waals surface area contributed by atoms with Crippen molar-refractivity contribution in [2.24, 2.45) is 0 Å². The van der Waals surface area contributed by atoms with E-state index < -0.39 is 0 Å². The number of hydrogen-bond donors (Lipinski definition) is 2. The SMILES string of the molecule is COc1ccc(CNC(=O)c2cc3cc(Cl)ccc3oc2=N)cc1. The maximum Gasteiger partial charge on any atom is 0.257 e. The molecule has 5 nitrogen and oxygen atoms in total. The van der Waals surface area contributed by atoms with Gasteiger partial charge in [-0.1, -0.05) is 23.7 Å². The summed E-state index contributed by atoms with van der Waals surface area (Å²) in [6.07, 6.45) is 0. The van der Waals surface area contributed by atoms with E-state index in [2.05, 4.69) is 5.32 Å². The molecule has 24 heavy (non-hydrogen) atoms. The summed E-state index contributed by atoms with van der Waals surface area (Å²) in [5.41, 5.74) is 1.42. The molecule has 0 saturated carbocycles. The first-order valence-electron chi connectivity index (χ1n) is 7.26. The van der Waals surface area contributed by atoms with Gasteiger partial charge in [-0.25, -0.2) is 0 Å². The lowest BCUT2D eigenvalue weighted by atomic mass is 10.1. The zero-order chi connectivity index (χ0) is 17.1. The molecule has 0 saturated heterocycles. The van der Waals surface area contributed by atoms with Gasteiger partial charge >= 0.3 is 0 Å². The molecule has 0 aliphatic heterocycles. The summed E-state index contributed by atoms with van der Waals surface area (Å²) in [6, 6.07) is 14.0. The van der Waals surface area contributed by atoms with E-state index in [1.54, 1.807) is 31.4 Å². The highest BCUT2D eigenvalue weighted by Crippen LogP contribution is 2.19. The third-order valence-corrected chi connectivity index (χ3v) is 3.82. The van der Waals surface area contributed by atoms with E-state index in [1.807, 2.05) is 24.3 Å². The molecule has 1 heterocycles. The van der Waals surface area contributed by atoms with Crippen LogP contribution in [0, 0.1) is 5.41 Å². The Morgan fingerprint density at radius 1 is 1.21 bits per heavy atom. The molecule has 3 rings (SSSR count). The second kappa shape index (κ2) is 6.76. The van der Waals surface area contributed by atoms with Gasteiger partial charge in [-0.2, -0.15) is 0 Å². The van der Waals surface area contributed by atoms with Gasteiger partial charge in [0.1, 0.15) is 16.9 Å². The van der Waals surface area contributed by atoms with Crippen LogP contribution < -0.4 is 15.6 Å². The van der Waals surface area contributed by atoms with Gasteiger partial charge in [-0.05, 0) is 42.0 Å². The Hall–Kier alpha value is -2.79. The normalized spacial score (nSPS) is 10.6. The fourth-order valence-corrected chi connectivity index (χ4v) is 2.48. The molecule has 0 unspecified atom stereocenters. The quantitative estimate of drug-likeness (QED) is 0.762. The number of carbonyl (C=O) groups is 1. The minimum atomic E-state index is -0.374. The second-order valence-electron chi connectivity index (χ2n) is 5.20. The van der Waals surface area contributed by atoms with Crippen molar-refractivity contribution in [2.45, 2.75) is 6.54 Å². The molecular weight excluding hydrogens is 328 g/mol. The van der Waals surface area contributed by atoms with Gasteiger partial charge in [0.2, 0.25) is 5.55 Å². The smallest absolute Gasteiger partial charge is 0.257 e. The first kappa shape index (κ1) is 16.1. The van der Waals surface area contributed by atoms with Crippen LogP contribution in [-0.2, 0) is 6.54 Å². The van der Waals surface area contributed by atoms with Crippen LogP contribution in [0.5, 0.6) is 5.75 Å². The van der Waals surface area contributed by atoms with Crippen molar-refractivity contribution in [3.8, 4) is 5.75 Å². The molecular formula is C18H15ClN2O3. The molecule has 0 fully saturated rings. The fourth-order valence-electron chi connectivity index (χ4n) is 2.30. The number of hydrogen-bond acceptors (Lipinski definition) is 4. The Morgan fingerprint density at radius 2 is 1.96 bits per heavy atom. The molecule has 122 valence electrons. The van der Waals surface area contributed by atoms with Crippen molar-refractivity contribution in [3.63, 3.8) is 0 Å². The number of amides is 1. The van der Waals surface area contributed by atoms with Crippen LogP contribution in [-0.4, -0.2) is 13.0 Å². The van der Waals surface area contributed by atoms with Gasteiger partial charge in [0.05, 0.1) is 7.11 Å². The summed E-state index contributed by atoms with van der Waals surface area (Å²) in [5, 5.41) is 11.9. The van der Waals surface area contributed by atoms with Gasteiger partial charge in [-0.15, -0.1) is 0 Å². The monoisotopic (exact) mass is 342 g/mol. The number of benzene rings is 2. The van der Waals surface area contributed by atoms with Crippen LogP contribution in [0.2, 0.25) is 5.02 Å². The predicted octanol–water partition coefficient (Wildman–Crippen LogP) is 3.50. The van der Waals surface area contributed by atoms with Gasteiger partial charge in [0, 0.05) is 17.0 Å². The number of fused-ring (bicyclic) bond motifs is 1. The summed E-state index contributed by atoms with van der Waals surface area (Å²) in [6.45, 7) is 0.343. The van der Waals surface area contributed by atoms with E-state index in [0.29, 0.717) is 22.5 Å².